The predicted molar refractivity (Wildman–Crippen MR) is 75.7 cm³/mol. The van der Waals surface area contributed by atoms with Gasteiger partial charge in [-0.1, -0.05) is 32.4 Å². The van der Waals surface area contributed by atoms with Crippen LogP contribution in [0, 0.1) is 16.7 Å². The van der Waals surface area contributed by atoms with Gasteiger partial charge in [0.05, 0.1) is 5.56 Å². The predicted octanol–water partition coefficient (Wildman–Crippen LogP) is 4.23. The van der Waals surface area contributed by atoms with Crippen LogP contribution in [0.4, 0.5) is 5.82 Å². The molecule has 0 radical (unpaired) electrons. The zero-order chi connectivity index (χ0) is 14.0. The lowest BCUT2D eigenvalue weighted by molar-refractivity contribution is 0.302. The zero-order valence-corrected chi connectivity index (χ0v) is 12.4. The maximum atomic E-state index is 8.94. The smallest absolute Gasteiger partial charge is 0.146 e. The fraction of sp³-hybridized carbons (Fsp3) is 0.571. The molecule has 4 heteroatoms. The summed E-state index contributed by atoms with van der Waals surface area (Å²) in [5.41, 5.74) is 0.513. The Labute approximate surface area is 114 Å². The molecule has 1 heterocycles. The van der Waals surface area contributed by atoms with Gasteiger partial charge in [-0.25, -0.2) is 4.98 Å². The van der Waals surface area contributed by atoms with E-state index in [4.69, 9.17) is 16.9 Å². The molecule has 0 spiro atoms. The Hall–Kier alpha value is -1.27. The van der Waals surface area contributed by atoms with E-state index >= 15 is 0 Å². The molecule has 0 amide bonds. The first kappa shape index (κ1) is 14.8. The van der Waals surface area contributed by atoms with Gasteiger partial charge in [-0.3, -0.25) is 0 Å². The van der Waals surface area contributed by atoms with Gasteiger partial charge in [-0.05, 0) is 31.7 Å². The summed E-state index contributed by atoms with van der Waals surface area (Å²) in [5.74, 6) is 0.574. The highest BCUT2D eigenvalue weighted by molar-refractivity contribution is 6.34. The van der Waals surface area contributed by atoms with E-state index in [0.29, 0.717) is 16.4 Å². The summed E-state index contributed by atoms with van der Waals surface area (Å²) in [6.07, 6.45) is 2.56. The van der Waals surface area contributed by atoms with Gasteiger partial charge in [-0.15, -0.1) is 0 Å². The molecule has 1 aromatic heterocycles. The zero-order valence-electron chi connectivity index (χ0n) is 11.6. The van der Waals surface area contributed by atoms with Gasteiger partial charge in [0.15, 0.2) is 0 Å². The molecule has 0 unspecified atom stereocenters. The number of hydrogen-bond acceptors (Lipinski definition) is 3. The standard InChI is InChI=1S/C14H20ClN3/c1-13(2,3)9-14(4,5)18-12-11(15)10(8-16)6-7-17-12/h6-7H,9H2,1-5H3,(H,17,18). The third-order valence-electron chi connectivity index (χ3n) is 2.44. The van der Waals surface area contributed by atoms with Crippen molar-refractivity contribution in [1.82, 2.24) is 4.98 Å². The number of halogens is 1. The minimum absolute atomic E-state index is 0.136. The first-order valence-corrected chi connectivity index (χ1v) is 6.35. The molecule has 1 rings (SSSR count). The number of nitrogens with zero attached hydrogens (tertiary/aromatic N) is 2. The first-order chi connectivity index (χ1) is 8.14. The fourth-order valence-corrected chi connectivity index (χ4v) is 2.51. The van der Waals surface area contributed by atoms with Gasteiger partial charge < -0.3 is 5.32 Å². The van der Waals surface area contributed by atoms with E-state index in [9.17, 15) is 0 Å². The van der Waals surface area contributed by atoms with Crippen LogP contribution < -0.4 is 5.32 Å². The molecule has 0 atom stereocenters. The van der Waals surface area contributed by atoms with Crippen molar-refractivity contribution in [2.75, 3.05) is 5.32 Å². The first-order valence-electron chi connectivity index (χ1n) is 5.97. The van der Waals surface area contributed by atoms with Crippen LogP contribution in [-0.4, -0.2) is 10.5 Å². The van der Waals surface area contributed by atoms with E-state index in [1.54, 1.807) is 12.3 Å². The second-order valence-corrected chi connectivity index (χ2v) is 6.76. The van der Waals surface area contributed by atoms with Crippen LogP contribution in [0.1, 0.15) is 46.6 Å². The number of anilines is 1. The lowest BCUT2D eigenvalue weighted by Crippen LogP contribution is -2.35. The van der Waals surface area contributed by atoms with Crippen LogP contribution >= 0.6 is 11.6 Å². The highest BCUT2D eigenvalue weighted by Gasteiger charge is 2.26. The van der Waals surface area contributed by atoms with Gasteiger partial charge in [-0.2, -0.15) is 5.26 Å². The van der Waals surface area contributed by atoms with E-state index in [-0.39, 0.29) is 11.0 Å². The molecule has 0 fully saturated rings. The molecular formula is C14H20ClN3. The normalized spacial score (nSPS) is 12.1. The Bertz CT molecular complexity index is 467. The topological polar surface area (TPSA) is 48.7 Å². The minimum Gasteiger partial charge on any atom is -0.364 e. The van der Waals surface area contributed by atoms with Crippen molar-refractivity contribution in [1.29, 1.82) is 5.26 Å². The van der Waals surface area contributed by atoms with Crippen molar-refractivity contribution in [2.24, 2.45) is 5.41 Å². The summed E-state index contributed by atoms with van der Waals surface area (Å²) in [7, 11) is 0. The summed E-state index contributed by atoms with van der Waals surface area (Å²) >= 11 is 6.14. The minimum atomic E-state index is -0.136. The lowest BCUT2D eigenvalue weighted by atomic mass is 9.82. The highest BCUT2D eigenvalue weighted by atomic mass is 35.5. The van der Waals surface area contributed by atoms with Crippen molar-refractivity contribution in [3.8, 4) is 6.07 Å². The summed E-state index contributed by atoms with van der Waals surface area (Å²) in [6.45, 7) is 10.8. The second-order valence-electron chi connectivity index (χ2n) is 6.38. The van der Waals surface area contributed by atoms with E-state index in [1.807, 2.05) is 0 Å². The molecule has 0 saturated heterocycles. The molecule has 0 aromatic carbocycles. The fourth-order valence-electron chi connectivity index (χ4n) is 2.31. The number of pyridine rings is 1. The van der Waals surface area contributed by atoms with E-state index in [1.165, 1.54) is 0 Å². The molecule has 1 aromatic rings. The van der Waals surface area contributed by atoms with Gasteiger partial charge in [0.1, 0.15) is 16.9 Å². The maximum absolute atomic E-state index is 8.94. The third kappa shape index (κ3) is 4.19. The molecule has 0 aliphatic rings. The molecule has 0 aliphatic carbocycles. The molecule has 1 N–H and O–H groups in total. The Morgan fingerprint density at radius 2 is 1.94 bits per heavy atom. The van der Waals surface area contributed by atoms with Gasteiger partial charge in [0.25, 0.3) is 0 Å². The molecule has 18 heavy (non-hydrogen) atoms. The van der Waals surface area contributed by atoms with Crippen LogP contribution in [-0.2, 0) is 0 Å². The Morgan fingerprint density at radius 1 is 1.33 bits per heavy atom. The SMILES string of the molecule is CC(C)(C)CC(C)(C)Nc1nccc(C#N)c1Cl. The van der Waals surface area contributed by atoms with Crippen molar-refractivity contribution >= 4 is 17.4 Å². The average molecular weight is 266 g/mol. The van der Waals surface area contributed by atoms with Crippen LogP contribution in [0.15, 0.2) is 12.3 Å². The summed E-state index contributed by atoms with van der Waals surface area (Å²) in [4.78, 5) is 4.21. The molecule has 0 aliphatic heterocycles. The van der Waals surface area contributed by atoms with Gasteiger partial charge in [0, 0.05) is 11.7 Å². The van der Waals surface area contributed by atoms with Crippen molar-refractivity contribution in [2.45, 2.75) is 46.6 Å². The second kappa shape index (κ2) is 5.16. The Kier molecular flexibility index (Phi) is 4.24. The highest BCUT2D eigenvalue weighted by Crippen LogP contribution is 2.32. The van der Waals surface area contributed by atoms with Crippen molar-refractivity contribution in [3.63, 3.8) is 0 Å². The Balaban J connectivity index is 2.95. The number of nitrogens with one attached hydrogen (secondary N) is 1. The van der Waals surface area contributed by atoms with E-state index in [0.717, 1.165) is 6.42 Å². The molecule has 98 valence electrons. The Morgan fingerprint density at radius 3 is 2.44 bits per heavy atom. The molecule has 0 saturated carbocycles. The van der Waals surface area contributed by atoms with Crippen LogP contribution in [0.5, 0.6) is 0 Å². The van der Waals surface area contributed by atoms with Gasteiger partial charge >= 0.3 is 0 Å². The van der Waals surface area contributed by atoms with Crippen LogP contribution in [0.25, 0.3) is 0 Å². The van der Waals surface area contributed by atoms with Crippen LogP contribution in [0.3, 0.4) is 0 Å². The largest absolute Gasteiger partial charge is 0.364 e. The number of rotatable bonds is 3. The van der Waals surface area contributed by atoms with Crippen molar-refractivity contribution in [3.05, 3.63) is 22.8 Å². The molecule has 3 nitrogen and oxygen atoms in total. The number of hydrogen-bond donors (Lipinski definition) is 1. The maximum Gasteiger partial charge on any atom is 0.146 e. The summed E-state index contributed by atoms with van der Waals surface area (Å²) < 4.78 is 0. The number of nitriles is 1. The van der Waals surface area contributed by atoms with Crippen LogP contribution in [0.2, 0.25) is 5.02 Å². The van der Waals surface area contributed by atoms with E-state index in [2.05, 4.69) is 51.0 Å². The molecule has 0 bridgehead atoms. The van der Waals surface area contributed by atoms with Crippen molar-refractivity contribution < 1.29 is 0 Å². The average Bonchev–Trinajstić information content (AvgIpc) is 2.17. The quantitative estimate of drug-likeness (QED) is 0.890. The number of aromatic nitrogens is 1. The van der Waals surface area contributed by atoms with E-state index < -0.39 is 0 Å². The molecular weight excluding hydrogens is 246 g/mol. The lowest BCUT2D eigenvalue weighted by Gasteiger charge is -2.34. The monoisotopic (exact) mass is 265 g/mol. The third-order valence-corrected chi connectivity index (χ3v) is 2.82. The van der Waals surface area contributed by atoms with Gasteiger partial charge in [0.2, 0.25) is 0 Å². The summed E-state index contributed by atoms with van der Waals surface area (Å²) in [6, 6.07) is 3.67. The summed E-state index contributed by atoms with van der Waals surface area (Å²) in [5, 5.41) is 12.7.